The zero-order valence-corrected chi connectivity index (χ0v) is 18.7. The van der Waals surface area contributed by atoms with Gasteiger partial charge in [-0.25, -0.2) is 4.98 Å². The first-order chi connectivity index (χ1) is 15.1. The van der Waals surface area contributed by atoms with E-state index in [1.807, 2.05) is 6.07 Å². The third-order valence-electron chi connectivity index (χ3n) is 6.60. The molecule has 3 heterocycles. The molecule has 1 aromatic carbocycles. The van der Waals surface area contributed by atoms with Crippen LogP contribution in [0.3, 0.4) is 0 Å². The molecule has 5 rings (SSSR count). The first kappa shape index (κ1) is 19.7. The minimum Gasteiger partial charge on any atom is -0.385 e. The Bertz CT molecular complexity index is 1290. The van der Waals surface area contributed by atoms with Crippen LogP contribution >= 0.6 is 0 Å². The lowest BCUT2D eigenvalue weighted by Gasteiger charge is -2.16. The molecule has 1 aliphatic rings. The lowest BCUT2D eigenvalue weighted by atomic mass is 9.95. The van der Waals surface area contributed by atoms with Gasteiger partial charge in [-0.05, 0) is 86.9 Å². The minimum atomic E-state index is 0.884. The molecule has 0 fully saturated rings. The second-order valence-corrected chi connectivity index (χ2v) is 8.56. The van der Waals surface area contributed by atoms with Crippen LogP contribution in [0.4, 0.5) is 5.82 Å². The van der Waals surface area contributed by atoms with Crippen molar-refractivity contribution in [1.29, 1.82) is 0 Å². The average molecular weight is 411 g/mol. The maximum absolute atomic E-state index is 6.55. The molecule has 0 atom stereocenters. The molecule has 3 aromatic heterocycles. The number of imidazole rings is 1. The number of nitrogen functional groups attached to an aromatic ring is 1. The molecule has 0 saturated heterocycles. The van der Waals surface area contributed by atoms with Gasteiger partial charge in [-0.3, -0.25) is 4.40 Å². The molecule has 4 aromatic rings. The Morgan fingerprint density at radius 2 is 1.87 bits per heavy atom. The highest BCUT2D eigenvalue weighted by molar-refractivity contribution is 5.80. The van der Waals surface area contributed by atoms with Crippen LogP contribution in [0.15, 0.2) is 54.7 Å². The molecule has 2 N–H and O–H groups in total. The summed E-state index contributed by atoms with van der Waals surface area (Å²) >= 11 is 0. The third kappa shape index (κ3) is 3.18. The summed E-state index contributed by atoms with van der Waals surface area (Å²) in [7, 11) is 0. The van der Waals surface area contributed by atoms with Gasteiger partial charge in [0.1, 0.15) is 11.5 Å². The molecule has 0 bridgehead atoms. The van der Waals surface area contributed by atoms with Crippen molar-refractivity contribution in [2.24, 2.45) is 0 Å². The molecule has 0 spiro atoms. The van der Waals surface area contributed by atoms with E-state index in [0.717, 1.165) is 47.7 Å². The van der Waals surface area contributed by atoms with Gasteiger partial charge in [-0.2, -0.15) is 0 Å². The van der Waals surface area contributed by atoms with Crippen molar-refractivity contribution < 1.29 is 0 Å². The van der Waals surface area contributed by atoms with E-state index in [2.05, 4.69) is 78.4 Å². The Morgan fingerprint density at radius 1 is 1.10 bits per heavy atom. The number of rotatable bonds is 4. The fraction of sp³-hybridized carbons (Fsp3) is 0.296. The molecule has 158 valence electrons. The molecule has 0 saturated carbocycles. The van der Waals surface area contributed by atoms with E-state index in [-0.39, 0.29) is 0 Å². The first-order valence-electron chi connectivity index (χ1n) is 11.3. The number of fused-ring (bicyclic) bond motifs is 2. The van der Waals surface area contributed by atoms with Crippen LogP contribution in [0.5, 0.6) is 0 Å². The summed E-state index contributed by atoms with van der Waals surface area (Å²) in [6, 6.07) is 14.9. The van der Waals surface area contributed by atoms with Gasteiger partial charge >= 0.3 is 0 Å². The van der Waals surface area contributed by atoms with Crippen LogP contribution in [0.25, 0.3) is 28.2 Å². The predicted octanol–water partition coefficient (Wildman–Crippen LogP) is 6.37. The highest BCUT2D eigenvalue weighted by Gasteiger charge is 2.22. The molecule has 0 amide bonds. The van der Waals surface area contributed by atoms with Crippen LogP contribution in [-0.4, -0.2) is 14.0 Å². The smallest absolute Gasteiger partial charge is 0.137 e. The molecule has 4 nitrogen and oxygen atoms in total. The zero-order chi connectivity index (χ0) is 21.5. The normalized spacial score (nSPS) is 14.2. The highest BCUT2D eigenvalue weighted by Crippen LogP contribution is 2.35. The van der Waals surface area contributed by atoms with Gasteiger partial charge in [-0.1, -0.05) is 31.2 Å². The van der Waals surface area contributed by atoms with Gasteiger partial charge in [-0.15, -0.1) is 0 Å². The number of anilines is 1. The number of hydrogen-bond donors (Lipinski definition) is 1. The molecule has 31 heavy (non-hydrogen) atoms. The fourth-order valence-electron chi connectivity index (χ4n) is 5.05. The summed E-state index contributed by atoms with van der Waals surface area (Å²) in [5.41, 5.74) is 17.3. The maximum atomic E-state index is 6.55. The van der Waals surface area contributed by atoms with Crippen molar-refractivity contribution in [2.75, 3.05) is 5.73 Å². The summed E-state index contributed by atoms with van der Waals surface area (Å²) in [6.45, 7) is 6.51. The number of nitrogens with two attached hydrogens (primary N) is 1. The minimum absolute atomic E-state index is 0.884. The molecule has 0 radical (unpaired) electrons. The summed E-state index contributed by atoms with van der Waals surface area (Å²) < 4.78 is 4.45. The Kier molecular flexibility index (Phi) is 4.93. The predicted molar refractivity (Wildman–Crippen MR) is 130 cm³/mol. The summed E-state index contributed by atoms with van der Waals surface area (Å²) in [5, 5.41) is 0. The van der Waals surface area contributed by atoms with Crippen LogP contribution in [0.1, 0.15) is 55.6 Å². The zero-order valence-electron chi connectivity index (χ0n) is 18.7. The van der Waals surface area contributed by atoms with Crippen molar-refractivity contribution in [3.05, 3.63) is 77.3 Å². The summed E-state index contributed by atoms with van der Waals surface area (Å²) in [6.07, 6.45) is 10.1. The quantitative estimate of drug-likeness (QED) is 0.425. The Hall–Kier alpha value is -3.27. The van der Waals surface area contributed by atoms with Gasteiger partial charge in [0.15, 0.2) is 0 Å². The van der Waals surface area contributed by atoms with Gasteiger partial charge in [0.2, 0.25) is 0 Å². The van der Waals surface area contributed by atoms with Gasteiger partial charge in [0.05, 0.1) is 11.4 Å². The van der Waals surface area contributed by atoms with E-state index >= 15 is 0 Å². The second kappa shape index (κ2) is 7.77. The van der Waals surface area contributed by atoms with Gasteiger partial charge in [0, 0.05) is 23.1 Å². The average Bonchev–Trinajstić information content (AvgIpc) is 3.30. The molecule has 1 aliphatic carbocycles. The van der Waals surface area contributed by atoms with Crippen LogP contribution in [-0.2, 0) is 12.8 Å². The summed E-state index contributed by atoms with van der Waals surface area (Å²) in [4.78, 5) is 4.97. The second-order valence-electron chi connectivity index (χ2n) is 8.56. The standard InChI is InChI=1S/C27H30N4/c1-4-9-18(2)26-25(29-24-12-7-8-17-30(24)26)20-13-15-21(16-14-20)31-23-11-6-5-10-22(23)19(3)27(31)28/h7-9,12-17H,4-6,10-11,28H2,1-3H3/b18-9+. The number of pyridine rings is 1. The van der Waals surface area contributed by atoms with Crippen LogP contribution < -0.4 is 5.73 Å². The lowest BCUT2D eigenvalue weighted by molar-refractivity contribution is 0.662. The molecule has 4 heteroatoms. The van der Waals surface area contributed by atoms with Crippen molar-refractivity contribution in [3.8, 4) is 16.9 Å². The summed E-state index contributed by atoms with van der Waals surface area (Å²) in [5.74, 6) is 0.884. The maximum Gasteiger partial charge on any atom is 0.137 e. The van der Waals surface area contributed by atoms with Gasteiger partial charge < -0.3 is 10.3 Å². The van der Waals surface area contributed by atoms with E-state index in [9.17, 15) is 0 Å². The first-order valence-corrected chi connectivity index (χ1v) is 11.3. The topological polar surface area (TPSA) is 48.2 Å². The Morgan fingerprint density at radius 3 is 2.65 bits per heavy atom. The fourth-order valence-corrected chi connectivity index (χ4v) is 5.05. The van der Waals surface area contributed by atoms with E-state index in [1.54, 1.807) is 0 Å². The highest BCUT2D eigenvalue weighted by atomic mass is 15.1. The molecule has 0 aliphatic heterocycles. The number of benzene rings is 1. The Labute approximate surface area is 184 Å². The Balaban J connectivity index is 1.62. The van der Waals surface area contributed by atoms with Crippen molar-refractivity contribution in [2.45, 2.75) is 52.9 Å². The van der Waals surface area contributed by atoms with Crippen LogP contribution in [0, 0.1) is 6.92 Å². The third-order valence-corrected chi connectivity index (χ3v) is 6.60. The molecule has 0 unspecified atom stereocenters. The largest absolute Gasteiger partial charge is 0.385 e. The van der Waals surface area contributed by atoms with Crippen molar-refractivity contribution in [1.82, 2.24) is 14.0 Å². The van der Waals surface area contributed by atoms with Gasteiger partial charge in [0.25, 0.3) is 0 Å². The number of allylic oxidation sites excluding steroid dienone is 2. The van der Waals surface area contributed by atoms with E-state index in [4.69, 9.17) is 10.7 Å². The number of nitrogens with zero attached hydrogens (tertiary/aromatic N) is 3. The van der Waals surface area contributed by atoms with Crippen LogP contribution in [0.2, 0.25) is 0 Å². The van der Waals surface area contributed by atoms with E-state index in [1.165, 1.54) is 40.9 Å². The van der Waals surface area contributed by atoms with Crippen molar-refractivity contribution in [3.63, 3.8) is 0 Å². The number of hydrogen-bond acceptors (Lipinski definition) is 2. The number of aromatic nitrogens is 3. The van der Waals surface area contributed by atoms with E-state index < -0.39 is 0 Å². The van der Waals surface area contributed by atoms with Crippen molar-refractivity contribution >= 4 is 17.0 Å². The SMILES string of the molecule is CC/C=C(\C)c1c(-c2ccc(-n3c(N)c(C)c4c3CCCC4)cc2)nc2ccccn12. The van der Waals surface area contributed by atoms with E-state index in [0.29, 0.717) is 0 Å². The lowest BCUT2D eigenvalue weighted by Crippen LogP contribution is -2.08. The monoisotopic (exact) mass is 410 g/mol. The molecular formula is C27H30N4. The molecular weight excluding hydrogens is 380 g/mol.